The lowest BCUT2D eigenvalue weighted by molar-refractivity contribution is -0.131. The Morgan fingerprint density at radius 3 is 2.28 bits per heavy atom. The van der Waals surface area contributed by atoms with Gasteiger partial charge in [-0.3, -0.25) is 24.1 Å². The van der Waals surface area contributed by atoms with Gasteiger partial charge in [0.05, 0.1) is 59.9 Å². The van der Waals surface area contributed by atoms with Gasteiger partial charge in [0.2, 0.25) is 23.6 Å². The molecule has 3 aliphatic heterocycles. The summed E-state index contributed by atoms with van der Waals surface area (Å²) in [6.45, 7) is 4.52. The number of aromatic hydroxyl groups is 1. The highest BCUT2D eigenvalue weighted by molar-refractivity contribution is 6.32. The number of fused-ring (bicyclic) bond motifs is 4. The first kappa shape index (κ1) is 32.5. The topological polar surface area (TPSA) is 117 Å². The average molecular weight is 700 g/mol. The van der Waals surface area contributed by atoms with Crippen LogP contribution in [0.25, 0.3) is 0 Å². The second-order valence-corrected chi connectivity index (χ2v) is 14.2. The number of methoxy groups -OCH3 is 1. The Morgan fingerprint density at radius 1 is 0.880 bits per heavy atom. The lowest BCUT2D eigenvalue weighted by Crippen LogP contribution is -2.48. The molecule has 0 unspecified atom stereocenters. The highest BCUT2D eigenvalue weighted by Gasteiger charge is 2.67. The smallest absolute Gasteiger partial charge is 0.241 e. The van der Waals surface area contributed by atoms with Crippen LogP contribution in [0, 0.1) is 34.9 Å². The van der Waals surface area contributed by atoms with Crippen molar-refractivity contribution in [3.05, 3.63) is 88.7 Å². The number of ether oxygens (including phenoxy) is 2. The fourth-order valence-electron chi connectivity index (χ4n) is 9.03. The maximum absolute atomic E-state index is 14.6. The molecule has 1 N–H and O–H groups in total. The van der Waals surface area contributed by atoms with Gasteiger partial charge in [-0.2, -0.15) is 0 Å². The molecule has 0 spiro atoms. The first-order valence-electron chi connectivity index (χ1n) is 16.8. The fourth-order valence-corrected chi connectivity index (χ4v) is 9.20. The summed E-state index contributed by atoms with van der Waals surface area (Å²) in [5.41, 5.74) is 1.71. The number of hydrogen-bond donors (Lipinski definition) is 1. The van der Waals surface area contributed by atoms with E-state index in [1.807, 2.05) is 18.2 Å². The van der Waals surface area contributed by atoms with Gasteiger partial charge in [0, 0.05) is 24.7 Å². The van der Waals surface area contributed by atoms with E-state index in [2.05, 4.69) is 4.90 Å². The Balaban J connectivity index is 1.20. The Labute approximate surface area is 293 Å². The Morgan fingerprint density at radius 2 is 1.58 bits per heavy atom. The van der Waals surface area contributed by atoms with E-state index in [0.29, 0.717) is 24.5 Å². The van der Waals surface area contributed by atoms with Gasteiger partial charge in [0.1, 0.15) is 5.82 Å². The number of hydrogen-bond acceptors (Lipinski definition) is 8. The summed E-state index contributed by atoms with van der Waals surface area (Å²) in [6, 6.07) is 15.9. The van der Waals surface area contributed by atoms with Crippen molar-refractivity contribution < 1.29 is 38.1 Å². The average Bonchev–Trinajstić information content (AvgIpc) is 3.49. The first-order valence-corrected chi connectivity index (χ1v) is 17.1. The van der Waals surface area contributed by atoms with Gasteiger partial charge in [-0.15, -0.1) is 0 Å². The number of halogens is 2. The fraction of sp³-hybridized carbons (Fsp3) is 0.368. The first-order chi connectivity index (χ1) is 24.0. The van der Waals surface area contributed by atoms with Crippen molar-refractivity contribution in [2.75, 3.05) is 48.1 Å². The van der Waals surface area contributed by atoms with Gasteiger partial charge < -0.3 is 19.5 Å². The van der Waals surface area contributed by atoms with Crippen molar-refractivity contribution in [1.29, 1.82) is 0 Å². The number of amides is 4. The molecule has 8 rings (SSSR count). The molecule has 3 saturated heterocycles. The molecule has 3 aromatic rings. The molecule has 1 saturated carbocycles. The number of nitrogens with zero attached hydrogens (tertiary/aromatic N) is 3. The van der Waals surface area contributed by atoms with Crippen LogP contribution in [0.1, 0.15) is 31.2 Å². The van der Waals surface area contributed by atoms with E-state index in [-0.39, 0.29) is 46.9 Å². The molecule has 12 heteroatoms. The molecule has 50 heavy (non-hydrogen) atoms. The van der Waals surface area contributed by atoms with Crippen LogP contribution in [0.15, 0.2) is 72.3 Å². The molecule has 258 valence electrons. The summed E-state index contributed by atoms with van der Waals surface area (Å²) in [4.78, 5) is 62.0. The van der Waals surface area contributed by atoms with Gasteiger partial charge in [-0.1, -0.05) is 29.3 Å². The lowest BCUT2D eigenvalue weighted by Gasteiger charge is -2.49. The Hall–Kier alpha value is -4.74. The van der Waals surface area contributed by atoms with Crippen molar-refractivity contribution in [2.24, 2.45) is 29.1 Å². The molecule has 3 heterocycles. The molecule has 3 aromatic carbocycles. The minimum absolute atomic E-state index is 0.0914. The van der Waals surface area contributed by atoms with E-state index in [1.165, 1.54) is 30.2 Å². The molecule has 0 radical (unpaired) electrons. The number of phenolic OH excluding ortho intramolecular Hbond substituents is 1. The van der Waals surface area contributed by atoms with Gasteiger partial charge in [0.15, 0.2) is 11.5 Å². The monoisotopic (exact) mass is 699 g/mol. The van der Waals surface area contributed by atoms with Crippen LogP contribution >= 0.6 is 11.6 Å². The van der Waals surface area contributed by atoms with Crippen molar-refractivity contribution >= 4 is 52.3 Å². The number of rotatable bonds is 5. The summed E-state index contributed by atoms with van der Waals surface area (Å²) in [7, 11) is 1.42. The SMILES string of the molecule is COc1cc([C@H]2C3=CC[C@@H]4C(=O)N(c5ccc(N6CCOCC6)cc5)C(=O)[C@@H]4[C@@H]3C[C@H]3C(=O)N(c4ccc(F)c(Cl)c4)C(=O)[C@@]23C)ccc1O. The second kappa shape index (κ2) is 11.9. The molecule has 0 aromatic heterocycles. The molecule has 5 aliphatic rings. The third-order valence-corrected chi connectivity index (χ3v) is 11.7. The molecule has 0 bridgehead atoms. The number of imide groups is 2. The largest absolute Gasteiger partial charge is 0.504 e. The van der Waals surface area contributed by atoms with Crippen LogP contribution in [0.4, 0.5) is 21.5 Å². The molecule has 4 fully saturated rings. The zero-order valence-corrected chi connectivity index (χ0v) is 28.2. The van der Waals surface area contributed by atoms with Crippen molar-refractivity contribution in [3.8, 4) is 11.5 Å². The Bertz CT molecular complexity index is 1980. The molecular weight excluding hydrogens is 665 g/mol. The maximum atomic E-state index is 14.6. The highest BCUT2D eigenvalue weighted by Crippen LogP contribution is 2.64. The third kappa shape index (κ3) is 4.70. The van der Waals surface area contributed by atoms with Crippen LogP contribution in [0.3, 0.4) is 0 Å². The predicted molar refractivity (Wildman–Crippen MR) is 183 cm³/mol. The summed E-state index contributed by atoms with van der Waals surface area (Å²) >= 11 is 6.10. The van der Waals surface area contributed by atoms with Gasteiger partial charge in [-0.05, 0) is 85.8 Å². The van der Waals surface area contributed by atoms with Crippen LogP contribution < -0.4 is 19.4 Å². The van der Waals surface area contributed by atoms with Gasteiger partial charge >= 0.3 is 0 Å². The van der Waals surface area contributed by atoms with Crippen LogP contribution in [-0.2, 0) is 23.9 Å². The van der Waals surface area contributed by atoms with Gasteiger partial charge in [0.25, 0.3) is 0 Å². The standard InChI is InChI=1S/C38H35ClFN3O7/c1-38-27(35(46)43(37(38)48)23-8-11-29(40)28(39)18-23)19-26-24(33(38)20-3-12-30(44)31(17-20)49-2)9-10-25-32(26)36(47)42(34(25)45)22-6-4-21(5-7-22)41-13-15-50-16-14-41/h3-9,11-12,17-18,25-27,32-33,44H,10,13-16,19H2,1-2H3/t25-,26+,27-,32-,33-,38+/m0/s1. The normalized spacial score (nSPS) is 29.2. The summed E-state index contributed by atoms with van der Waals surface area (Å²) in [5, 5.41) is 10.2. The zero-order valence-electron chi connectivity index (χ0n) is 27.5. The number of carbonyl (C=O) groups excluding carboxylic acids is 4. The summed E-state index contributed by atoms with van der Waals surface area (Å²) in [5.74, 6) is -5.66. The quantitative estimate of drug-likeness (QED) is 0.276. The van der Waals surface area contributed by atoms with Crippen molar-refractivity contribution in [2.45, 2.75) is 25.7 Å². The minimum Gasteiger partial charge on any atom is -0.504 e. The molecular formula is C38H35ClFN3O7. The second-order valence-electron chi connectivity index (χ2n) is 13.8. The van der Waals surface area contributed by atoms with E-state index in [4.69, 9.17) is 21.1 Å². The Kier molecular flexibility index (Phi) is 7.76. The number of anilines is 3. The van der Waals surface area contributed by atoms with Crippen LogP contribution in [-0.4, -0.2) is 62.1 Å². The number of phenols is 1. The lowest BCUT2D eigenvalue weighted by atomic mass is 9.51. The molecule has 6 atom stereocenters. The predicted octanol–water partition coefficient (Wildman–Crippen LogP) is 5.47. The molecule has 10 nitrogen and oxygen atoms in total. The third-order valence-electron chi connectivity index (χ3n) is 11.5. The number of carbonyl (C=O) groups is 4. The molecule has 2 aliphatic carbocycles. The van der Waals surface area contributed by atoms with Crippen molar-refractivity contribution in [3.63, 3.8) is 0 Å². The van der Waals surface area contributed by atoms with E-state index >= 15 is 0 Å². The number of benzene rings is 3. The van der Waals surface area contributed by atoms with E-state index in [9.17, 15) is 28.7 Å². The number of morpholine rings is 1. The van der Waals surface area contributed by atoms with Gasteiger partial charge in [-0.25, -0.2) is 9.29 Å². The highest BCUT2D eigenvalue weighted by atomic mass is 35.5. The zero-order chi connectivity index (χ0) is 35.1. The summed E-state index contributed by atoms with van der Waals surface area (Å²) < 4.78 is 25.1. The number of allylic oxidation sites excluding steroid dienone is 2. The van der Waals surface area contributed by atoms with E-state index < -0.39 is 52.6 Å². The maximum Gasteiger partial charge on any atom is 0.241 e. The van der Waals surface area contributed by atoms with Crippen molar-refractivity contribution in [1.82, 2.24) is 0 Å². The van der Waals surface area contributed by atoms with Crippen LogP contribution in [0.5, 0.6) is 11.5 Å². The van der Waals surface area contributed by atoms with Crippen LogP contribution in [0.2, 0.25) is 5.02 Å². The minimum atomic E-state index is -1.32. The molecule has 4 amide bonds. The van der Waals surface area contributed by atoms with E-state index in [1.54, 1.807) is 31.2 Å². The van der Waals surface area contributed by atoms with E-state index in [0.717, 1.165) is 35.3 Å². The summed E-state index contributed by atoms with van der Waals surface area (Å²) in [6.07, 6.45) is 2.41.